The number of hydrogen-bond donors (Lipinski definition) is 0. The van der Waals surface area contributed by atoms with E-state index in [1.807, 2.05) is 0 Å². The summed E-state index contributed by atoms with van der Waals surface area (Å²) in [5, 5.41) is 0. The van der Waals surface area contributed by atoms with Crippen molar-refractivity contribution in [2.45, 2.75) is 13.4 Å². The van der Waals surface area contributed by atoms with Gasteiger partial charge in [-0.2, -0.15) is 0 Å². The third-order valence-corrected chi connectivity index (χ3v) is 3.02. The number of nitrogens with zero attached hydrogens (tertiary/aromatic N) is 3. The molecule has 0 saturated carbocycles. The molecule has 0 unspecified atom stereocenters. The van der Waals surface area contributed by atoms with Crippen molar-refractivity contribution in [3.8, 4) is 0 Å². The normalized spacial score (nSPS) is 10.1. The Morgan fingerprint density at radius 2 is 1.86 bits per heavy atom. The van der Waals surface area contributed by atoms with Gasteiger partial charge in [0, 0.05) is 0 Å². The minimum absolute atomic E-state index is 2.08. The summed E-state index contributed by atoms with van der Waals surface area (Å²) in [6.45, 7) is 0. The maximum absolute atomic E-state index is 7.92. The quantitative estimate of drug-likeness (QED) is 0.308. The summed E-state index contributed by atoms with van der Waals surface area (Å²) < 4.78 is 9.89. The average Bonchev–Trinajstić information content (AvgIpc) is 1.30. The molecule has 0 radical (unpaired) electrons. The third-order valence-electron chi connectivity index (χ3n) is 0.345. The van der Waals surface area contributed by atoms with Gasteiger partial charge in [-0.1, -0.05) is 0 Å². The van der Waals surface area contributed by atoms with E-state index < -0.39 is 21.5 Å². The second kappa shape index (κ2) is 2.52. The van der Waals surface area contributed by atoms with E-state index in [0.717, 1.165) is 0 Å². The van der Waals surface area contributed by atoms with Gasteiger partial charge in [0.2, 0.25) is 0 Å². The van der Waals surface area contributed by atoms with Crippen LogP contribution in [0.4, 0.5) is 0 Å². The summed E-state index contributed by atoms with van der Waals surface area (Å²) in [5.74, 6) is 0. The molecule has 0 N–H and O–H groups in total. The zero-order valence-corrected chi connectivity index (χ0v) is 8.73. The van der Waals surface area contributed by atoms with Crippen molar-refractivity contribution in [2.75, 3.05) is 0 Å². The van der Waals surface area contributed by atoms with Crippen LogP contribution < -0.4 is 0 Å². The Morgan fingerprint density at radius 1 is 1.43 bits per heavy atom. The van der Waals surface area contributed by atoms with Crippen LogP contribution >= 0.6 is 0 Å². The Labute approximate surface area is 48.4 Å². The molecule has 40 valence electrons. The van der Waals surface area contributed by atoms with Gasteiger partial charge in [-0.25, -0.2) is 0 Å². The fraction of sp³-hybridized carbons (Fsp3) is 1.00. The Kier molecular flexibility index (Phi) is 2.60. The van der Waals surface area contributed by atoms with E-state index in [-0.39, 0.29) is 0 Å². The molecule has 0 fully saturated rings. The number of azide groups is 1. The number of hydrogen-bond acceptors (Lipinski definition) is 1. The van der Waals surface area contributed by atoms with Gasteiger partial charge in [0.05, 0.1) is 0 Å². The van der Waals surface area contributed by atoms with Crippen LogP contribution in [0.15, 0.2) is 2.92 Å². The molecule has 0 bridgehead atoms. The molecule has 0 aromatic heterocycles. The summed E-state index contributed by atoms with van der Waals surface area (Å²) >= 11 is -2.17. The van der Waals surface area contributed by atoms with Crippen LogP contribution in [0.25, 0.3) is 10.4 Å². The molecular weight excluding hydrogens is 285 g/mol. The molecule has 7 heavy (non-hydrogen) atoms. The summed E-state index contributed by atoms with van der Waals surface area (Å²) in [4.78, 5) is 2.73. The molecule has 0 aliphatic rings. The van der Waals surface area contributed by atoms with Crippen molar-refractivity contribution >= 4 is 21.5 Å². The molecule has 0 saturated heterocycles. The van der Waals surface area contributed by atoms with Crippen molar-refractivity contribution in [3.63, 3.8) is 0 Å². The Balaban J connectivity index is 3.80. The van der Waals surface area contributed by atoms with E-state index in [4.69, 9.17) is 5.53 Å². The molecule has 0 aliphatic heterocycles. The van der Waals surface area contributed by atoms with Gasteiger partial charge in [0.1, 0.15) is 0 Å². The van der Waals surface area contributed by atoms with Gasteiger partial charge in [-0.05, 0) is 0 Å². The monoisotopic (exact) mass is 295 g/mol. The third kappa shape index (κ3) is 6.23. The van der Waals surface area contributed by atoms with E-state index >= 15 is 0 Å². The zero-order chi connectivity index (χ0) is 5.91. The first kappa shape index (κ1) is 7.23. The van der Waals surface area contributed by atoms with E-state index in [1.54, 1.807) is 0 Å². The molecule has 0 amide bonds. The molecule has 0 heterocycles. The van der Waals surface area contributed by atoms with Crippen LogP contribution in [-0.4, -0.2) is 21.5 Å². The van der Waals surface area contributed by atoms with Gasteiger partial charge in [0.15, 0.2) is 0 Å². The molecule has 0 aliphatic carbocycles. The molecule has 0 atom stereocenters. The van der Waals surface area contributed by atoms with E-state index in [0.29, 0.717) is 0 Å². The molecule has 0 aromatic rings. The second-order valence-corrected chi connectivity index (χ2v) is 20.0. The first-order valence-electron chi connectivity index (χ1n) is 2.12. The Morgan fingerprint density at radius 3 is 1.86 bits per heavy atom. The van der Waals surface area contributed by atoms with Crippen molar-refractivity contribution in [2.24, 2.45) is 2.92 Å². The van der Waals surface area contributed by atoms with E-state index in [2.05, 4.69) is 21.3 Å². The fourth-order valence-electron chi connectivity index (χ4n) is 0.134. The van der Waals surface area contributed by atoms with Crippen LogP contribution in [0.2, 0.25) is 13.4 Å². The zero-order valence-electron chi connectivity index (χ0n) is 4.84. The predicted octanol–water partition coefficient (Wildman–Crippen LogP) is 2.13. The van der Waals surface area contributed by atoms with E-state index in [1.165, 1.54) is 0 Å². The van der Waals surface area contributed by atoms with Crippen molar-refractivity contribution < 1.29 is 0 Å². The van der Waals surface area contributed by atoms with Gasteiger partial charge in [0.25, 0.3) is 0 Å². The second-order valence-electron chi connectivity index (χ2n) is 2.36. The molecule has 0 spiro atoms. The van der Waals surface area contributed by atoms with Gasteiger partial charge in [-0.3, -0.25) is 0 Å². The summed E-state index contributed by atoms with van der Waals surface area (Å²) in [7, 11) is 0. The molecule has 3 nitrogen and oxygen atoms in total. The first-order valence-corrected chi connectivity index (χ1v) is 15.5. The van der Waals surface area contributed by atoms with Crippen molar-refractivity contribution in [3.05, 3.63) is 10.4 Å². The van der Waals surface area contributed by atoms with Crippen LogP contribution in [0, 0.1) is 0 Å². The average molecular weight is 294 g/mol. The van der Waals surface area contributed by atoms with Gasteiger partial charge < -0.3 is 0 Å². The van der Waals surface area contributed by atoms with Crippen LogP contribution in [0.3, 0.4) is 0 Å². The molecular formula is C3H9N3Pb. The van der Waals surface area contributed by atoms with Gasteiger partial charge in [-0.15, -0.1) is 0 Å². The van der Waals surface area contributed by atoms with Crippen LogP contribution in [0.1, 0.15) is 0 Å². The van der Waals surface area contributed by atoms with Crippen molar-refractivity contribution in [1.82, 2.24) is 0 Å². The molecule has 4 heteroatoms. The molecule has 0 aromatic carbocycles. The number of rotatable bonds is 1. The summed E-state index contributed by atoms with van der Waals surface area (Å²) in [6, 6.07) is 0. The Bertz CT molecular complexity index is 97.2. The standard InChI is InChI=1S/3CH3.N3.Pb/c;;;1-3-2;/h3*1H3;;/q;;;-1;+1. The fourth-order valence-corrected chi connectivity index (χ4v) is 1.18. The topological polar surface area (TPSA) is 48.8 Å². The SMILES string of the molecule is [CH3][Pb]([CH3])([CH3])[N]=[N+]=[N-]. The predicted molar refractivity (Wildman–Crippen MR) is 32.5 cm³/mol. The van der Waals surface area contributed by atoms with Gasteiger partial charge >= 0.3 is 48.3 Å². The van der Waals surface area contributed by atoms with Crippen LogP contribution in [0.5, 0.6) is 0 Å². The van der Waals surface area contributed by atoms with Crippen LogP contribution in [-0.2, 0) is 0 Å². The summed E-state index contributed by atoms with van der Waals surface area (Å²) in [6.07, 6.45) is 0. The maximum atomic E-state index is 7.92. The summed E-state index contributed by atoms with van der Waals surface area (Å²) in [5.41, 5.74) is 7.92. The molecule has 0 rings (SSSR count). The van der Waals surface area contributed by atoms with Crippen molar-refractivity contribution in [1.29, 1.82) is 0 Å². The minimum atomic E-state index is -2.17. The van der Waals surface area contributed by atoms with E-state index in [9.17, 15) is 0 Å². The Hall–Kier alpha value is 0.232. The first-order chi connectivity index (χ1) is 3.06.